The third-order valence-electron chi connectivity index (χ3n) is 9.82. The second-order valence-electron chi connectivity index (χ2n) is 14.8. The van der Waals surface area contributed by atoms with Gasteiger partial charge in [0.05, 0.1) is 42.0 Å². The molecule has 0 spiro atoms. The molecule has 11 nitrogen and oxygen atoms in total. The molecule has 2 saturated heterocycles. The van der Waals surface area contributed by atoms with Gasteiger partial charge in [0.1, 0.15) is 12.2 Å². The lowest BCUT2D eigenvalue weighted by Gasteiger charge is -2.39. The van der Waals surface area contributed by atoms with Gasteiger partial charge in [-0.25, -0.2) is 0 Å². The van der Waals surface area contributed by atoms with Gasteiger partial charge in [0.25, 0.3) is 0 Å². The second-order valence-corrected chi connectivity index (χ2v) is 14.8. The molecular weight excluding hydrogens is 602 g/mol. The Kier molecular flexibility index (Phi) is 15.1. The number of hydroxylamine groups is 2. The van der Waals surface area contributed by atoms with Crippen molar-refractivity contribution < 1.29 is 39.5 Å². The lowest BCUT2D eigenvalue weighted by molar-refractivity contribution is -0.240. The molecule has 4 N–H and O–H groups in total. The maximum absolute atomic E-state index is 12.9. The van der Waals surface area contributed by atoms with Gasteiger partial charge in [0, 0.05) is 57.5 Å². The first kappa shape index (κ1) is 39.8. The molecule has 3 heterocycles. The van der Waals surface area contributed by atoms with Gasteiger partial charge in [-0.05, 0) is 59.7 Å². The summed E-state index contributed by atoms with van der Waals surface area (Å²) < 4.78 is 11.7. The maximum atomic E-state index is 12.9. The van der Waals surface area contributed by atoms with Crippen molar-refractivity contribution in [2.24, 2.45) is 11.8 Å². The normalized spacial score (nSPS) is 35.5. The van der Waals surface area contributed by atoms with Gasteiger partial charge in [-0.3, -0.25) is 14.5 Å². The Morgan fingerprint density at radius 3 is 2.57 bits per heavy atom. The number of esters is 1. The Balaban J connectivity index is 1.70. The number of allylic oxidation sites excluding steroid dienone is 2. The van der Waals surface area contributed by atoms with E-state index >= 15 is 0 Å². The van der Waals surface area contributed by atoms with Gasteiger partial charge in [0.2, 0.25) is 0 Å². The summed E-state index contributed by atoms with van der Waals surface area (Å²) in [6.07, 6.45) is 7.62. The van der Waals surface area contributed by atoms with E-state index in [1.54, 1.807) is 26.0 Å². The second kappa shape index (κ2) is 17.8. The number of epoxide rings is 1. The Morgan fingerprint density at radius 1 is 1.26 bits per heavy atom. The molecule has 0 aromatic carbocycles. The first-order valence-corrected chi connectivity index (χ1v) is 17.5. The van der Waals surface area contributed by atoms with E-state index in [9.17, 15) is 25.2 Å². The van der Waals surface area contributed by atoms with E-state index in [1.165, 1.54) is 0 Å². The first-order valence-electron chi connectivity index (χ1n) is 17.5. The van der Waals surface area contributed by atoms with E-state index < -0.39 is 41.6 Å². The van der Waals surface area contributed by atoms with Crippen molar-refractivity contribution >= 4 is 5.97 Å². The minimum atomic E-state index is -1.27. The minimum absolute atomic E-state index is 0.00718. The van der Waals surface area contributed by atoms with Crippen molar-refractivity contribution in [3.05, 3.63) is 36.0 Å². The lowest BCUT2D eigenvalue weighted by Crippen LogP contribution is -2.52. The average molecular weight is 666 g/mol. The molecule has 10 atom stereocenters. The van der Waals surface area contributed by atoms with Crippen molar-refractivity contribution in [2.45, 2.75) is 121 Å². The number of carbonyl (C=O) groups is 1. The van der Waals surface area contributed by atoms with Crippen LogP contribution in [0.3, 0.4) is 0 Å². The SMILES string of the molecule is CCC(O)C(C)C1OC1CC(C)(O)/C=C/C=C(\C)C1OC(=O)CC(O)CC[C@](C)(O)C(ON2CCN(CCN(C)C)CC2)/C=C/C1C. The predicted molar refractivity (Wildman–Crippen MR) is 182 cm³/mol. The van der Waals surface area contributed by atoms with Crippen molar-refractivity contribution in [1.29, 1.82) is 0 Å². The van der Waals surface area contributed by atoms with E-state index in [-0.39, 0.29) is 43.3 Å². The highest BCUT2D eigenvalue weighted by molar-refractivity contribution is 5.70. The fourth-order valence-corrected chi connectivity index (χ4v) is 6.35. The largest absolute Gasteiger partial charge is 0.457 e. The van der Waals surface area contributed by atoms with E-state index in [2.05, 4.69) is 23.9 Å². The Morgan fingerprint density at radius 2 is 1.94 bits per heavy atom. The van der Waals surface area contributed by atoms with Crippen molar-refractivity contribution in [3.8, 4) is 0 Å². The number of aliphatic hydroxyl groups is 4. The number of nitrogens with zero attached hydrogens (tertiary/aromatic N) is 3. The molecule has 270 valence electrons. The topological polar surface area (TPSA) is 139 Å². The Bertz CT molecular complexity index is 1070. The Labute approximate surface area is 282 Å². The molecule has 0 aromatic heterocycles. The van der Waals surface area contributed by atoms with Crippen LogP contribution in [0.2, 0.25) is 0 Å². The zero-order valence-corrected chi connectivity index (χ0v) is 30.0. The number of cyclic esters (lactones) is 1. The van der Waals surface area contributed by atoms with Crippen molar-refractivity contribution in [3.63, 3.8) is 0 Å². The molecule has 47 heavy (non-hydrogen) atoms. The molecule has 3 aliphatic heterocycles. The molecule has 0 radical (unpaired) electrons. The molecule has 9 unspecified atom stereocenters. The third kappa shape index (κ3) is 12.9. The molecule has 0 aliphatic carbocycles. The lowest BCUT2D eigenvalue weighted by atomic mass is 9.89. The summed E-state index contributed by atoms with van der Waals surface area (Å²) in [5.74, 6) is -0.766. The van der Waals surface area contributed by atoms with Crippen LogP contribution in [0.5, 0.6) is 0 Å². The molecular formula is C36H63N3O8. The standard InChI is InChI=1S/C36H63N3O8/c1-9-29(41)27(4)34-30(45-34)24-35(5,43)15-10-11-25(2)33-26(3)12-13-31(36(6,44)16-14-28(40)23-32(42)46-33)47-39-21-19-38(20-22-39)18-17-37(7)8/h10-13,15,26-31,33-34,40-41,43-44H,9,14,16-24H2,1-8H3/b13-12+,15-10+,25-11+/t26?,27?,28?,29?,30?,31?,33?,34?,35?,36-/m0/s1. The van der Waals surface area contributed by atoms with Crippen molar-refractivity contribution in [2.75, 3.05) is 53.4 Å². The van der Waals surface area contributed by atoms with Crippen molar-refractivity contribution in [1.82, 2.24) is 14.9 Å². The van der Waals surface area contributed by atoms with Crippen LogP contribution in [0, 0.1) is 11.8 Å². The quantitative estimate of drug-likeness (QED) is 0.100. The van der Waals surface area contributed by atoms with E-state index in [4.69, 9.17) is 14.3 Å². The number of ether oxygens (including phenoxy) is 2. The number of rotatable bonds is 13. The highest BCUT2D eigenvalue weighted by Gasteiger charge is 2.47. The Hall–Kier alpha value is -1.67. The number of carbonyl (C=O) groups excluding carboxylic acids is 1. The monoisotopic (exact) mass is 665 g/mol. The molecule has 0 saturated carbocycles. The zero-order valence-electron chi connectivity index (χ0n) is 30.0. The van der Waals surface area contributed by atoms with Gasteiger partial charge in [-0.1, -0.05) is 51.2 Å². The summed E-state index contributed by atoms with van der Waals surface area (Å²) in [5.41, 5.74) is -1.62. The molecule has 0 aromatic rings. The molecule has 0 amide bonds. The summed E-state index contributed by atoms with van der Waals surface area (Å²) >= 11 is 0. The molecule has 3 rings (SSSR count). The fraction of sp³-hybridized carbons (Fsp3) is 0.806. The van der Waals surface area contributed by atoms with Crippen LogP contribution in [0.25, 0.3) is 0 Å². The van der Waals surface area contributed by atoms with Gasteiger partial charge in [-0.15, -0.1) is 0 Å². The number of aliphatic hydroxyl groups excluding tert-OH is 2. The van der Waals surface area contributed by atoms with Gasteiger partial charge >= 0.3 is 5.97 Å². The van der Waals surface area contributed by atoms with Crippen LogP contribution in [-0.4, -0.2) is 142 Å². The molecule has 3 aliphatic rings. The first-order chi connectivity index (χ1) is 22.0. The van der Waals surface area contributed by atoms with Crippen LogP contribution in [0.4, 0.5) is 0 Å². The van der Waals surface area contributed by atoms with Gasteiger partial charge in [0.15, 0.2) is 0 Å². The number of hydrogen-bond donors (Lipinski definition) is 4. The zero-order chi connectivity index (χ0) is 34.9. The molecule has 11 heteroatoms. The highest BCUT2D eigenvalue weighted by Crippen LogP contribution is 2.37. The smallest absolute Gasteiger partial charge is 0.309 e. The summed E-state index contributed by atoms with van der Waals surface area (Å²) in [5, 5.41) is 45.3. The fourth-order valence-electron chi connectivity index (χ4n) is 6.35. The summed E-state index contributed by atoms with van der Waals surface area (Å²) in [4.78, 5) is 23.8. The number of piperazine rings is 1. The van der Waals surface area contributed by atoms with E-state index in [0.717, 1.165) is 44.8 Å². The van der Waals surface area contributed by atoms with E-state index in [0.29, 0.717) is 12.8 Å². The van der Waals surface area contributed by atoms with Crippen LogP contribution in [0.1, 0.15) is 73.6 Å². The third-order valence-corrected chi connectivity index (χ3v) is 9.82. The van der Waals surface area contributed by atoms with Gasteiger partial charge < -0.3 is 34.8 Å². The predicted octanol–water partition coefficient (Wildman–Crippen LogP) is 2.68. The average Bonchev–Trinajstić information content (AvgIpc) is 3.76. The van der Waals surface area contributed by atoms with Crippen LogP contribution < -0.4 is 0 Å². The molecule has 2 fully saturated rings. The minimum Gasteiger partial charge on any atom is -0.457 e. The summed E-state index contributed by atoms with van der Waals surface area (Å²) in [7, 11) is 4.14. The highest BCUT2D eigenvalue weighted by atomic mass is 16.7. The maximum Gasteiger partial charge on any atom is 0.309 e. The molecule has 0 bridgehead atoms. The van der Waals surface area contributed by atoms with Gasteiger partial charge in [-0.2, -0.15) is 5.06 Å². The number of hydrogen-bond acceptors (Lipinski definition) is 11. The summed E-state index contributed by atoms with van der Waals surface area (Å²) in [6.45, 7) is 16.4. The summed E-state index contributed by atoms with van der Waals surface area (Å²) in [6, 6.07) is 0. The van der Waals surface area contributed by atoms with Crippen LogP contribution in [-0.2, 0) is 19.1 Å². The van der Waals surface area contributed by atoms with E-state index in [1.807, 2.05) is 51.0 Å². The van der Waals surface area contributed by atoms with Crippen LogP contribution >= 0.6 is 0 Å². The van der Waals surface area contributed by atoms with Crippen LogP contribution in [0.15, 0.2) is 36.0 Å². The number of likely N-dealkylation sites (N-methyl/N-ethyl adjacent to an activating group) is 1.